The number of benzene rings is 3. The maximum atomic E-state index is 12.8. The van der Waals surface area contributed by atoms with Crippen LogP contribution in [0.1, 0.15) is 41.5 Å². The van der Waals surface area contributed by atoms with Gasteiger partial charge in [0.15, 0.2) is 0 Å². The zero-order valence-electron chi connectivity index (χ0n) is 19.4. The van der Waals surface area contributed by atoms with Crippen molar-refractivity contribution in [3.63, 3.8) is 0 Å². The van der Waals surface area contributed by atoms with E-state index in [-0.39, 0.29) is 17.2 Å². The van der Waals surface area contributed by atoms with Gasteiger partial charge in [-0.15, -0.1) is 0 Å². The third kappa shape index (κ3) is 5.50. The summed E-state index contributed by atoms with van der Waals surface area (Å²) in [7, 11) is 0. The van der Waals surface area contributed by atoms with Crippen molar-refractivity contribution in [2.24, 2.45) is 0 Å². The normalized spacial score (nSPS) is 11.2. The van der Waals surface area contributed by atoms with Gasteiger partial charge >= 0.3 is 12.1 Å². The summed E-state index contributed by atoms with van der Waals surface area (Å²) in [4.78, 5) is 36.9. The van der Waals surface area contributed by atoms with Crippen molar-refractivity contribution in [2.45, 2.75) is 26.4 Å². The number of hydrogen-bond acceptors (Lipinski definition) is 5. The van der Waals surface area contributed by atoms with Crippen LogP contribution in [0.5, 0.6) is 11.5 Å². The SMILES string of the molecule is CC(C)(C)OC(=O)c1ccc(Oc2ccc3c(ccn3C(=O)O)c2)cc1NC(=O)c1ccccc1. The van der Waals surface area contributed by atoms with Gasteiger partial charge in [-0.25, -0.2) is 9.59 Å². The molecule has 0 atom stereocenters. The maximum absolute atomic E-state index is 12.8. The van der Waals surface area contributed by atoms with Crippen molar-refractivity contribution in [3.05, 3.63) is 90.1 Å². The lowest BCUT2D eigenvalue weighted by Crippen LogP contribution is -2.25. The van der Waals surface area contributed by atoms with E-state index in [0.717, 1.165) is 4.57 Å². The van der Waals surface area contributed by atoms with E-state index in [1.807, 2.05) is 0 Å². The van der Waals surface area contributed by atoms with Gasteiger partial charge in [0.2, 0.25) is 0 Å². The Morgan fingerprint density at radius 3 is 2.26 bits per heavy atom. The molecular weight excluding hydrogens is 448 g/mol. The molecule has 8 nitrogen and oxygen atoms in total. The highest BCUT2D eigenvalue weighted by atomic mass is 16.6. The van der Waals surface area contributed by atoms with Crippen LogP contribution in [0.25, 0.3) is 10.9 Å². The zero-order chi connectivity index (χ0) is 25.2. The summed E-state index contributed by atoms with van der Waals surface area (Å²) in [6, 6.07) is 20.0. The van der Waals surface area contributed by atoms with Crippen LogP contribution in [0.3, 0.4) is 0 Å². The molecule has 0 saturated heterocycles. The summed E-state index contributed by atoms with van der Waals surface area (Å²) in [6.45, 7) is 5.29. The molecule has 0 spiro atoms. The van der Waals surface area contributed by atoms with E-state index >= 15 is 0 Å². The Balaban J connectivity index is 1.65. The Bertz CT molecular complexity index is 1420. The fourth-order valence-corrected chi connectivity index (χ4v) is 3.47. The topological polar surface area (TPSA) is 107 Å². The second kappa shape index (κ2) is 9.34. The molecule has 0 unspecified atom stereocenters. The van der Waals surface area contributed by atoms with Crippen molar-refractivity contribution in [2.75, 3.05) is 5.32 Å². The molecule has 0 bridgehead atoms. The average molecular weight is 472 g/mol. The largest absolute Gasteiger partial charge is 0.464 e. The number of nitrogens with one attached hydrogen (secondary N) is 1. The van der Waals surface area contributed by atoms with Gasteiger partial charge in [-0.2, -0.15) is 0 Å². The summed E-state index contributed by atoms with van der Waals surface area (Å²) in [5.41, 5.74) is 0.673. The second-order valence-corrected chi connectivity index (χ2v) is 8.82. The van der Waals surface area contributed by atoms with Crippen LogP contribution >= 0.6 is 0 Å². The summed E-state index contributed by atoms with van der Waals surface area (Å²) in [5, 5.41) is 12.7. The zero-order valence-corrected chi connectivity index (χ0v) is 19.4. The Hall–Kier alpha value is -4.59. The smallest absolute Gasteiger partial charge is 0.415 e. The molecular formula is C27H24N2O6. The average Bonchev–Trinajstić information content (AvgIpc) is 3.22. The van der Waals surface area contributed by atoms with Gasteiger partial charge in [0.25, 0.3) is 5.91 Å². The number of hydrogen-bond donors (Lipinski definition) is 2. The molecule has 1 heterocycles. The molecule has 8 heteroatoms. The van der Waals surface area contributed by atoms with Gasteiger partial charge in [-0.05, 0) is 69.3 Å². The Morgan fingerprint density at radius 1 is 0.886 bits per heavy atom. The highest BCUT2D eigenvalue weighted by Crippen LogP contribution is 2.31. The van der Waals surface area contributed by atoms with Crippen LogP contribution in [0, 0.1) is 0 Å². The summed E-state index contributed by atoms with van der Waals surface area (Å²) in [5.74, 6) is -0.128. The lowest BCUT2D eigenvalue weighted by Gasteiger charge is -2.21. The summed E-state index contributed by atoms with van der Waals surface area (Å²) < 4.78 is 12.6. The van der Waals surface area contributed by atoms with Crippen LogP contribution in [-0.2, 0) is 4.74 Å². The van der Waals surface area contributed by atoms with Crippen molar-refractivity contribution >= 4 is 34.6 Å². The molecule has 1 amide bonds. The number of nitrogens with zero attached hydrogens (tertiary/aromatic N) is 1. The molecule has 4 aromatic rings. The maximum Gasteiger partial charge on any atom is 0.415 e. The molecule has 0 fully saturated rings. The van der Waals surface area contributed by atoms with Crippen molar-refractivity contribution in [1.82, 2.24) is 4.57 Å². The lowest BCUT2D eigenvalue weighted by molar-refractivity contribution is 0.00707. The number of amides is 1. The summed E-state index contributed by atoms with van der Waals surface area (Å²) in [6.07, 6.45) is 0.383. The van der Waals surface area contributed by atoms with Crippen molar-refractivity contribution in [3.8, 4) is 11.5 Å². The molecule has 3 aromatic carbocycles. The highest BCUT2D eigenvalue weighted by molar-refractivity contribution is 6.08. The number of anilines is 1. The van der Waals surface area contributed by atoms with Gasteiger partial charge in [-0.1, -0.05) is 18.2 Å². The van der Waals surface area contributed by atoms with Gasteiger partial charge in [-0.3, -0.25) is 9.36 Å². The minimum atomic E-state index is -1.08. The minimum Gasteiger partial charge on any atom is -0.464 e. The number of carbonyl (C=O) groups excluding carboxylic acids is 2. The van der Waals surface area contributed by atoms with Gasteiger partial charge in [0.1, 0.15) is 17.1 Å². The van der Waals surface area contributed by atoms with E-state index in [1.165, 1.54) is 12.3 Å². The number of carboxylic acid groups (broad SMARTS) is 1. The number of aromatic nitrogens is 1. The van der Waals surface area contributed by atoms with Gasteiger partial charge in [0.05, 0.1) is 16.8 Å². The lowest BCUT2D eigenvalue weighted by atomic mass is 10.1. The molecule has 0 saturated carbocycles. The molecule has 4 rings (SSSR count). The second-order valence-electron chi connectivity index (χ2n) is 8.82. The highest BCUT2D eigenvalue weighted by Gasteiger charge is 2.22. The third-order valence-electron chi connectivity index (χ3n) is 5.00. The fourth-order valence-electron chi connectivity index (χ4n) is 3.47. The van der Waals surface area contributed by atoms with Crippen LogP contribution in [0.2, 0.25) is 0 Å². The Kier molecular flexibility index (Phi) is 6.29. The quantitative estimate of drug-likeness (QED) is 0.337. The first-order chi connectivity index (χ1) is 16.6. The molecule has 0 aliphatic rings. The van der Waals surface area contributed by atoms with Crippen molar-refractivity contribution < 1.29 is 29.0 Å². The Labute approximate surface area is 201 Å². The standard InChI is InChI=1S/C27H24N2O6/c1-27(2,3)35-25(31)21-11-9-20(16-22(21)28-24(30)17-7-5-4-6-8-17)34-19-10-12-23-18(15-19)13-14-29(23)26(32)33/h4-16H,1-3H3,(H,28,30)(H,32,33). The monoisotopic (exact) mass is 472 g/mol. The third-order valence-corrected chi connectivity index (χ3v) is 5.00. The van der Waals surface area contributed by atoms with E-state index < -0.39 is 17.7 Å². The van der Waals surface area contributed by atoms with E-state index in [1.54, 1.807) is 87.5 Å². The molecule has 0 aliphatic carbocycles. The number of rotatable bonds is 5. The molecule has 1 aromatic heterocycles. The van der Waals surface area contributed by atoms with Crippen LogP contribution in [0.4, 0.5) is 10.5 Å². The van der Waals surface area contributed by atoms with Crippen LogP contribution in [0.15, 0.2) is 79.0 Å². The number of carbonyl (C=O) groups is 3. The van der Waals surface area contributed by atoms with E-state index in [0.29, 0.717) is 28.0 Å². The number of fused-ring (bicyclic) bond motifs is 1. The van der Waals surface area contributed by atoms with E-state index in [9.17, 15) is 19.5 Å². The van der Waals surface area contributed by atoms with E-state index in [4.69, 9.17) is 9.47 Å². The summed E-state index contributed by atoms with van der Waals surface area (Å²) >= 11 is 0. The first-order valence-corrected chi connectivity index (χ1v) is 10.9. The minimum absolute atomic E-state index is 0.186. The number of ether oxygens (including phenoxy) is 2. The molecule has 0 aliphatic heterocycles. The van der Waals surface area contributed by atoms with Crippen LogP contribution in [-0.4, -0.2) is 33.2 Å². The predicted molar refractivity (Wildman–Crippen MR) is 131 cm³/mol. The van der Waals surface area contributed by atoms with Gasteiger partial charge in [0, 0.05) is 23.2 Å². The molecule has 178 valence electrons. The predicted octanol–water partition coefficient (Wildman–Crippen LogP) is 6.17. The fraction of sp³-hybridized carbons (Fsp3) is 0.148. The van der Waals surface area contributed by atoms with Crippen LogP contribution < -0.4 is 10.1 Å². The van der Waals surface area contributed by atoms with Crippen molar-refractivity contribution in [1.29, 1.82) is 0 Å². The number of esters is 1. The molecule has 0 radical (unpaired) electrons. The molecule has 35 heavy (non-hydrogen) atoms. The molecule has 2 N–H and O–H groups in total. The van der Waals surface area contributed by atoms with Gasteiger partial charge < -0.3 is 19.9 Å². The first kappa shape index (κ1) is 23.6. The Morgan fingerprint density at radius 2 is 1.57 bits per heavy atom. The van der Waals surface area contributed by atoms with E-state index in [2.05, 4.69) is 5.32 Å². The first-order valence-electron chi connectivity index (χ1n) is 10.9.